The number of carbonyl (C=O) groups is 1. The van der Waals surface area contributed by atoms with Gasteiger partial charge >= 0.3 is 0 Å². The molecule has 5 nitrogen and oxygen atoms in total. The lowest BCUT2D eigenvalue weighted by molar-refractivity contribution is -0.113. The second kappa shape index (κ2) is 4.61. The first-order valence-corrected chi connectivity index (χ1v) is 6.01. The molecule has 1 aromatic carbocycles. The lowest BCUT2D eigenvalue weighted by atomic mass is 10.3. The van der Waals surface area contributed by atoms with E-state index in [1.807, 2.05) is 0 Å². The normalized spacial score (nSPS) is 11.1. The molecule has 0 aliphatic rings. The van der Waals surface area contributed by atoms with E-state index in [2.05, 4.69) is 5.32 Å². The zero-order chi connectivity index (χ0) is 11.5. The number of halogens is 1. The Bertz CT molecular complexity index is 473. The highest BCUT2D eigenvalue weighted by Crippen LogP contribution is 2.18. The molecule has 0 atom stereocenters. The van der Waals surface area contributed by atoms with E-state index < -0.39 is 15.9 Å². The van der Waals surface area contributed by atoms with E-state index in [4.69, 9.17) is 16.7 Å². The van der Waals surface area contributed by atoms with Gasteiger partial charge in [0.05, 0.1) is 5.69 Å². The van der Waals surface area contributed by atoms with Crippen LogP contribution < -0.4 is 10.5 Å². The fourth-order valence-electron chi connectivity index (χ4n) is 1.00. The lowest BCUT2D eigenvalue weighted by Crippen LogP contribution is -2.18. The van der Waals surface area contributed by atoms with Crippen molar-refractivity contribution in [1.29, 1.82) is 0 Å². The van der Waals surface area contributed by atoms with Crippen molar-refractivity contribution >= 4 is 33.2 Å². The summed E-state index contributed by atoms with van der Waals surface area (Å²) < 4.78 is 22.2. The van der Waals surface area contributed by atoms with Crippen LogP contribution in [0.25, 0.3) is 0 Å². The molecule has 7 heteroatoms. The highest BCUT2D eigenvalue weighted by Gasteiger charge is 2.14. The number of nitrogens with one attached hydrogen (secondary N) is 1. The molecular formula is C8H9ClN2O3S. The second-order valence-corrected chi connectivity index (χ2v) is 4.52. The van der Waals surface area contributed by atoms with E-state index in [1.54, 1.807) is 6.07 Å². The molecule has 0 saturated heterocycles. The van der Waals surface area contributed by atoms with E-state index in [0.29, 0.717) is 0 Å². The molecule has 0 bridgehead atoms. The third-order valence-corrected chi connectivity index (χ3v) is 2.80. The quantitative estimate of drug-likeness (QED) is 0.764. The maximum Gasteiger partial charge on any atom is 0.240 e. The van der Waals surface area contributed by atoms with Crippen molar-refractivity contribution in [2.75, 3.05) is 11.2 Å². The molecular weight excluding hydrogens is 240 g/mol. The summed E-state index contributed by atoms with van der Waals surface area (Å²) in [6.45, 7) is 0. The van der Waals surface area contributed by atoms with Crippen LogP contribution >= 0.6 is 11.6 Å². The van der Waals surface area contributed by atoms with Crippen LogP contribution in [-0.2, 0) is 14.8 Å². The van der Waals surface area contributed by atoms with Crippen LogP contribution in [0.3, 0.4) is 0 Å². The number of alkyl halides is 1. The number of hydrogen-bond donors (Lipinski definition) is 2. The van der Waals surface area contributed by atoms with Crippen LogP contribution in [-0.4, -0.2) is 20.2 Å². The summed E-state index contributed by atoms with van der Waals surface area (Å²) in [5.41, 5.74) is 0.130. The molecule has 1 aromatic rings. The number of para-hydroxylation sites is 1. The summed E-state index contributed by atoms with van der Waals surface area (Å²) >= 11 is 5.28. The van der Waals surface area contributed by atoms with Crippen molar-refractivity contribution < 1.29 is 13.2 Å². The van der Waals surface area contributed by atoms with Crippen LogP contribution in [0, 0.1) is 0 Å². The summed E-state index contributed by atoms with van der Waals surface area (Å²) in [5, 5.41) is 7.30. The molecule has 3 N–H and O–H groups in total. The molecule has 0 unspecified atom stereocenters. The van der Waals surface area contributed by atoms with Gasteiger partial charge in [0.2, 0.25) is 15.9 Å². The molecule has 0 aliphatic heterocycles. The Hall–Kier alpha value is -1.11. The second-order valence-electron chi connectivity index (χ2n) is 2.72. The molecule has 0 spiro atoms. The molecule has 1 amide bonds. The van der Waals surface area contributed by atoms with E-state index >= 15 is 0 Å². The minimum absolute atomic E-state index is 0.130. The zero-order valence-corrected chi connectivity index (χ0v) is 9.18. The van der Waals surface area contributed by atoms with Gasteiger partial charge in [-0.05, 0) is 12.1 Å². The average molecular weight is 249 g/mol. The first kappa shape index (κ1) is 12.0. The summed E-state index contributed by atoms with van der Waals surface area (Å²) in [4.78, 5) is 10.8. The fourth-order valence-corrected chi connectivity index (χ4v) is 1.76. The SMILES string of the molecule is NS(=O)(=O)c1ccccc1NC(=O)CCl. The zero-order valence-electron chi connectivity index (χ0n) is 7.60. The third kappa shape index (κ3) is 3.19. The Morgan fingerprint density at radius 2 is 2.00 bits per heavy atom. The Morgan fingerprint density at radius 1 is 1.40 bits per heavy atom. The highest BCUT2D eigenvalue weighted by atomic mass is 35.5. The Balaban J connectivity index is 3.13. The van der Waals surface area contributed by atoms with Crippen LogP contribution in [0.1, 0.15) is 0 Å². The van der Waals surface area contributed by atoms with Gasteiger partial charge in [0, 0.05) is 0 Å². The van der Waals surface area contributed by atoms with Gasteiger partial charge < -0.3 is 5.32 Å². The smallest absolute Gasteiger partial charge is 0.240 e. The topological polar surface area (TPSA) is 89.3 Å². The van der Waals surface area contributed by atoms with Crippen LogP contribution in [0.5, 0.6) is 0 Å². The summed E-state index contributed by atoms with van der Waals surface area (Å²) in [6, 6.07) is 5.83. The molecule has 0 heterocycles. The summed E-state index contributed by atoms with van der Waals surface area (Å²) in [7, 11) is -3.85. The van der Waals surface area contributed by atoms with E-state index in [1.165, 1.54) is 18.2 Å². The molecule has 15 heavy (non-hydrogen) atoms. The maximum atomic E-state index is 11.1. The lowest BCUT2D eigenvalue weighted by Gasteiger charge is -2.07. The van der Waals surface area contributed by atoms with Gasteiger partial charge in [-0.15, -0.1) is 11.6 Å². The Morgan fingerprint density at radius 3 is 2.53 bits per heavy atom. The van der Waals surface area contributed by atoms with E-state index in [0.717, 1.165) is 0 Å². The van der Waals surface area contributed by atoms with Gasteiger partial charge in [-0.3, -0.25) is 4.79 Å². The van der Waals surface area contributed by atoms with Crippen LogP contribution in [0.4, 0.5) is 5.69 Å². The van der Waals surface area contributed by atoms with Gasteiger partial charge in [-0.25, -0.2) is 13.6 Å². The molecule has 0 aromatic heterocycles. The van der Waals surface area contributed by atoms with E-state index in [-0.39, 0.29) is 16.5 Å². The third-order valence-electron chi connectivity index (χ3n) is 1.59. The van der Waals surface area contributed by atoms with Gasteiger partial charge in [-0.1, -0.05) is 12.1 Å². The number of benzene rings is 1. The molecule has 0 aliphatic carbocycles. The Labute approximate surface area is 92.3 Å². The Kier molecular flexibility index (Phi) is 3.67. The molecule has 0 fully saturated rings. The molecule has 0 radical (unpaired) electrons. The van der Waals surface area contributed by atoms with Crippen molar-refractivity contribution in [3.05, 3.63) is 24.3 Å². The summed E-state index contributed by atoms with van der Waals surface area (Å²) in [5.74, 6) is -0.744. The monoisotopic (exact) mass is 248 g/mol. The fraction of sp³-hybridized carbons (Fsp3) is 0.125. The predicted molar refractivity (Wildman–Crippen MR) is 57.2 cm³/mol. The number of anilines is 1. The van der Waals surface area contributed by atoms with Crippen molar-refractivity contribution in [2.24, 2.45) is 5.14 Å². The number of amides is 1. The maximum absolute atomic E-state index is 11.1. The van der Waals surface area contributed by atoms with Gasteiger partial charge in [0.15, 0.2) is 0 Å². The van der Waals surface area contributed by atoms with Crippen molar-refractivity contribution in [1.82, 2.24) is 0 Å². The van der Waals surface area contributed by atoms with Crippen molar-refractivity contribution in [2.45, 2.75) is 4.90 Å². The molecule has 0 saturated carbocycles. The standard InChI is InChI=1S/C8H9ClN2O3S/c9-5-8(12)11-6-3-1-2-4-7(6)15(10,13)14/h1-4H,5H2,(H,11,12)(H2,10,13,14). The van der Waals surface area contributed by atoms with Crippen LogP contribution in [0.15, 0.2) is 29.2 Å². The minimum Gasteiger partial charge on any atom is -0.324 e. The molecule has 1 rings (SSSR count). The predicted octanol–water partition coefficient (Wildman–Crippen LogP) is 0.511. The van der Waals surface area contributed by atoms with E-state index in [9.17, 15) is 13.2 Å². The number of hydrogen-bond acceptors (Lipinski definition) is 3. The number of nitrogens with two attached hydrogens (primary N) is 1. The first-order valence-electron chi connectivity index (χ1n) is 3.93. The minimum atomic E-state index is -3.85. The molecule has 82 valence electrons. The number of rotatable bonds is 3. The number of sulfonamides is 1. The van der Waals surface area contributed by atoms with Gasteiger partial charge in [0.1, 0.15) is 10.8 Å². The van der Waals surface area contributed by atoms with Crippen LogP contribution in [0.2, 0.25) is 0 Å². The highest BCUT2D eigenvalue weighted by molar-refractivity contribution is 7.89. The van der Waals surface area contributed by atoms with Gasteiger partial charge in [-0.2, -0.15) is 0 Å². The van der Waals surface area contributed by atoms with Crippen molar-refractivity contribution in [3.63, 3.8) is 0 Å². The largest absolute Gasteiger partial charge is 0.324 e. The number of carbonyl (C=O) groups excluding carboxylic acids is 1. The van der Waals surface area contributed by atoms with Crippen molar-refractivity contribution in [3.8, 4) is 0 Å². The first-order chi connectivity index (χ1) is 6.95. The average Bonchev–Trinajstić information content (AvgIpc) is 2.17. The number of primary sulfonamides is 1. The van der Waals surface area contributed by atoms with Gasteiger partial charge in [0.25, 0.3) is 0 Å². The summed E-state index contributed by atoms with van der Waals surface area (Å²) in [6.07, 6.45) is 0.